The number of halogens is 1. The van der Waals surface area contributed by atoms with E-state index in [1.165, 1.54) is 16.1 Å². The minimum absolute atomic E-state index is 0.130. The Kier molecular flexibility index (Phi) is 4.99. The minimum atomic E-state index is 0.130. The van der Waals surface area contributed by atoms with Gasteiger partial charge in [-0.1, -0.05) is 12.1 Å². The molecule has 0 aliphatic heterocycles. The molecule has 1 aromatic heterocycles. The quantitative estimate of drug-likeness (QED) is 0.648. The lowest BCUT2D eigenvalue weighted by Crippen LogP contribution is -2.29. The maximum absolute atomic E-state index is 5.71. The third-order valence-corrected chi connectivity index (χ3v) is 4.67. The van der Waals surface area contributed by atoms with Gasteiger partial charge in [-0.2, -0.15) is 0 Å². The summed E-state index contributed by atoms with van der Waals surface area (Å²) in [5.74, 6) is 5.71. The van der Waals surface area contributed by atoms with Gasteiger partial charge in [0.25, 0.3) is 0 Å². The van der Waals surface area contributed by atoms with Gasteiger partial charge in [-0.25, -0.2) is 0 Å². The van der Waals surface area contributed by atoms with Crippen molar-refractivity contribution in [2.45, 2.75) is 12.5 Å². The zero-order valence-corrected chi connectivity index (χ0v) is 13.5. The fraction of sp³-hybridized carbons (Fsp3) is 0.286. The fourth-order valence-electron chi connectivity index (χ4n) is 1.96. The Bertz CT molecular complexity index is 539. The predicted molar refractivity (Wildman–Crippen MR) is 86.6 cm³/mol. The average molecular weight is 340 g/mol. The molecule has 19 heavy (non-hydrogen) atoms. The summed E-state index contributed by atoms with van der Waals surface area (Å²) < 4.78 is 1.15. The summed E-state index contributed by atoms with van der Waals surface area (Å²) >= 11 is 5.24. The van der Waals surface area contributed by atoms with E-state index in [-0.39, 0.29) is 6.04 Å². The van der Waals surface area contributed by atoms with Gasteiger partial charge in [0.15, 0.2) is 0 Å². The monoisotopic (exact) mass is 339 g/mol. The first kappa shape index (κ1) is 14.5. The molecule has 1 atom stereocenters. The van der Waals surface area contributed by atoms with Crippen LogP contribution in [0.25, 0.3) is 0 Å². The highest BCUT2D eigenvalue weighted by atomic mass is 79.9. The molecule has 0 bridgehead atoms. The Hall–Kier alpha value is -0.880. The van der Waals surface area contributed by atoms with Crippen LogP contribution >= 0.6 is 27.3 Å². The van der Waals surface area contributed by atoms with E-state index in [0.29, 0.717) is 0 Å². The van der Waals surface area contributed by atoms with E-state index in [0.717, 1.165) is 10.2 Å². The van der Waals surface area contributed by atoms with Crippen LogP contribution in [0.4, 0.5) is 5.69 Å². The summed E-state index contributed by atoms with van der Waals surface area (Å²) in [6, 6.07) is 12.8. The summed E-state index contributed by atoms with van der Waals surface area (Å²) in [5, 5.41) is 0. The van der Waals surface area contributed by atoms with Crippen molar-refractivity contribution >= 4 is 33.0 Å². The van der Waals surface area contributed by atoms with Gasteiger partial charge in [0, 0.05) is 31.1 Å². The molecular formula is C14H18BrN3S. The van der Waals surface area contributed by atoms with Crippen LogP contribution in [0.15, 0.2) is 40.2 Å². The van der Waals surface area contributed by atoms with Crippen LogP contribution in [-0.2, 0) is 6.42 Å². The second kappa shape index (κ2) is 6.52. The number of thiophene rings is 1. The Morgan fingerprint density at radius 3 is 2.68 bits per heavy atom. The van der Waals surface area contributed by atoms with E-state index in [4.69, 9.17) is 5.84 Å². The van der Waals surface area contributed by atoms with Gasteiger partial charge in [0.05, 0.1) is 9.83 Å². The average Bonchev–Trinajstić information content (AvgIpc) is 2.81. The Balaban J connectivity index is 2.19. The van der Waals surface area contributed by atoms with Crippen LogP contribution in [-0.4, -0.2) is 14.1 Å². The summed E-state index contributed by atoms with van der Waals surface area (Å²) in [4.78, 5) is 3.41. The van der Waals surface area contributed by atoms with E-state index in [1.54, 1.807) is 11.3 Å². The van der Waals surface area contributed by atoms with E-state index < -0.39 is 0 Å². The number of benzene rings is 1. The van der Waals surface area contributed by atoms with Crippen molar-refractivity contribution in [1.29, 1.82) is 0 Å². The largest absolute Gasteiger partial charge is 0.378 e. The molecular weight excluding hydrogens is 322 g/mol. The van der Waals surface area contributed by atoms with Crippen LogP contribution in [0, 0.1) is 0 Å². The van der Waals surface area contributed by atoms with Gasteiger partial charge in [0.2, 0.25) is 0 Å². The van der Waals surface area contributed by atoms with Crippen LogP contribution in [0.1, 0.15) is 16.5 Å². The van der Waals surface area contributed by atoms with Crippen molar-refractivity contribution in [3.8, 4) is 0 Å². The maximum atomic E-state index is 5.71. The third-order valence-electron chi connectivity index (χ3n) is 3.02. The van der Waals surface area contributed by atoms with Crippen molar-refractivity contribution in [3.63, 3.8) is 0 Å². The van der Waals surface area contributed by atoms with Crippen molar-refractivity contribution in [1.82, 2.24) is 5.43 Å². The van der Waals surface area contributed by atoms with Gasteiger partial charge in [-0.05, 0) is 45.8 Å². The van der Waals surface area contributed by atoms with E-state index in [1.807, 2.05) is 14.1 Å². The van der Waals surface area contributed by atoms with Crippen LogP contribution < -0.4 is 16.2 Å². The first-order valence-electron chi connectivity index (χ1n) is 6.08. The second-order valence-corrected chi connectivity index (χ2v) is 7.17. The number of nitrogens with zero attached hydrogens (tertiary/aromatic N) is 1. The molecule has 3 N–H and O–H groups in total. The number of nitrogens with two attached hydrogens (primary N) is 1. The number of rotatable bonds is 5. The number of hydrazine groups is 1. The predicted octanol–water partition coefficient (Wildman–Crippen LogP) is 3.32. The van der Waals surface area contributed by atoms with E-state index >= 15 is 0 Å². The van der Waals surface area contributed by atoms with Crippen molar-refractivity contribution in [3.05, 3.63) is 50.6 Å². The summed E-state index contributed by atoms with van der Waals surface area (Å²) in [5.41, 5.74) is 5.31. The molecule has 1 unspecified atom stereocenters. The number of nitrogens with one attached hydrogen (secondary N) is 1. The van der Waals surface area contributed by atoms with Gasteiger partial charge in [-0.3, -0.25) is 11.3 Å². The second-order valence-electron chi connectivity index (χ2n) is 4.62. The molecule has 102 valence electrons. The normalized spacial score (nSPS) is 12.4. The zero-order valence-electron chi connectivity index (χ0n) is 11.1. The first-order chi connectivity index (χ1) is 9.10. The maximum Gasteiger partial charge on any atom is 0.0701 e. The number of hydrogen-bond donors (Lipinski definition) is 2. The molecule has 0 radical (unpaired) electrons. The van der Waals surface area contributed by atoms with Gasteiger partial charge >= 0.3 is 0 Å². The molecule has 0 aliphatic rings. The van der Waals surface area contributed by atoms with Crippen molar-refractivity contribution < 1.29 is 0 Å². The molecule has 0 spiro atoms. The number of anilines is 1. The van der Waals surface area contributed by atoms with Gasteiger partial charge in [0.1, 0.15) is 0 Å². The summed E-state index contributed by atoms with van der Waals surface area (Å²) in [7, 11) is 4.08. The molecule has 0 aliphatic carbocycles. The third kappa shape index (κ3) is 3.79. The van der Waals surface area contributed by atoms with Crippen LogP contribution in [0.5, 0.6) is 0 Å². The van der Waals surface area contributed by atoms with Gasteiger partial charge in [-0.15, -0.1) is 11.3 Å². The molecule has 0 fully saturated rings. The standard InChI is InChI=1S/C14H18BrN3S/c1-18(2)11-5-3-4-10(8-11)13(17-16)9-12-6-7-14(15)19-12/h3-8,13,17H,9,16H2,1-2H3. The smallest absolute Gasteiger partial charge is 0.0701 e. The molecule has 1 heterocycles. The number of hydrogen-bond acceptors (Lipinski definition) is 4. The molecule has 0 amide bonds. The molecule has 0 saturated carbocycles. The summed E-state index contributed by atoms with van der Waals surface area (Å²) in [6.07, 6.45) is 0.893. The van der Waals surface area contributed by atoms with Gasteiger partial charge < -0.3 is 4.90 Å². The fourth-order valence-corrected chi connectivity index (χ4v) is 3.48. The van der Waals surface area contributed by atoms with Crippen LogP contribution in [0.2, 0.25) is 0 Å². The molecule has 0 saturated heterocycles. The molecule has 5 heteroatoms. The van der Waals surface area contributed by atoms with E-state index in [2.05, 4.69) is 62.7 Å². The Labute approximate surface area is 126 Å². The Morgan fingerprint density at radius 1 is 1.32 bits per heavy atom. The van der Waals surface area contributed by atoms with E-state index in [9.17, 15) is 0 Å². The molecule has 3 nitrogen and oxygen atoms in total. The topological polar surface area (TPSA) is 41.3 Å². The molecule has 2 rings (SSSR count). The lowest BCUT2D eigenvalue weighted by molar-refractivity contribution is 0.555. The SMILES string of the molecule is CN(C)c1cccc(C(Cc2ccc(Br)s2)NN)c1. The highest BCUT2D eigenvalue weighted by Crippen LogP contribution is 2.27. The lowest BCUT2D eigenvalue weighted by atomic mass is 10.0. The first-order valence-corrected chi connectivity index (χ1v) is 7.68. The Morgan fingerprint density at radius 2 is 2.11 bits per heavy atom. The molecule has 2 aromatic rings. The van der Waals surface area contributed by atoms with Crippen molar-refractivity contribution in [2.75, 3.05) is 19.0 Å². The van der Waals surface area contributed by atoms with Crippen molar-refractivity contribution in [2.24, 2.45) is 5.84 Å². The highest BCUT2D eigenvalue weighted by Gasteiger charge is 2.12. The summed E-state index contributed by atoms with van der Waals surface area (Å²) in [6.45, 7) is 0. The lowest BCUT2D eigenvalue weighted by Gasteiger charge is -2.19. The minimum Gasteiger partial charge on any atom is -0.378 e. The highest BCUT2D eigenvalue weighted by molar-refractivity contribution is 9.11. The van der Waals surface area contributed by atoms with Crippen LogP contribution in [0.3, 0.4) is 0 Å². The molecule has 1 aromatic carbocycles. The zero-order chi connectivity index (χ0) is 13.8.